The zero-order valence-corrected chi connectivity index (χ0v) is 10.7. The zero-order valence-electron chi connectivity index (χ0n) is 10.7. The number of anilines is 1. The van der Waals surface area contributed by atoms with Gasteiger partial charge in [0.2, 0.25) is 5.82 Å². The van der Waals surface area contributed by atoms with Crippen molar-refractivity contribution in [1.82, 2.24) is 9.97 Å². The number of halogens is 3. The minimum Gasteiger partial charge on any atom is -0.367 e. The molecule has 0 fully saturated rings. The minimum absolute atomic E-state index is 0.00424. The fraction of sp³-hybridized carbons (Fsp3) is 0.167. The molecule has 1 N–H and O–H groups in total. The van der Waals surface area contributed by atoms with Gasteiger partial charge in [0.25, 0.3) is 0 Å². The van der Waals surface area contributed by atoms with Crippen molar-refractivity contribution >= 4 is 11.5 Å². The van der Waals surface area contributed by atoms with Gasteiger partial charge in [0.1, 0.15) is 6.33 Å². The summed E-state index contributed by atoms with van der Waals surface area (Å²) in [6.45, 7) is 0. The zero-order chi connectivity index (χ0) is 15.6. The first kappa shape index (κ1) is 14.7. The molecule has 0 aliphatic carbocycles. The number of hydrogen-bond acceptors (Lipinski definition) is 5. The van der Waals surface area contributed by atoms with E-state index in [2.05, 4.69) is 15.3 Å². The maximum absolute atomic E-state index is 12.7. The molecule has 0 aliphatic heterocycles. The second kappa shape index (κ2) is 5.35. The second-order valence-corrected chi connectivity index (χ2v) is 4.01. The minimum atomic E-state index is -4.54. The van der Waals surface area contributed by atoms with Crippen molar-refractivity contribution in [2.45, 2.75) is 6.18 Å². The molecule has 9 heteroatoms. The molecule has 2 aromatic rings. The molecule has 0 saturated heterocycles. The van der Waals surface area contributed by atoms with E-state index in [4.69, 9.17) is 0 Å². The molecule has 1 aromatic heterocycles. The van der Waals surface area contributed by atoms with Crippen molar-refractivity contribution < 1.29 is 18.1 Å². The predicted molar refractivity (Wildman–Crippen MR) is 68.7 cm³/mol. The molecule has 0 bridgehead atoms. The van der Waals surface area contributed by atoms with Crippen LogP contribution in [-0.2, 0) is 6.18 Å². The number of aromatic nitrogens is 2. The van der Waals surface area contributed by atoms with Gasteiger partial charge in [0.05, 0.1) is 10.5 Å². The molecule has 0 atom stereocenters. The van der Waals surface area contributed by atoms with E-state index in [0.29, 0.717) is 0 Å². The highest BCUT2D eigenvalue weighted by molar-refractivity contribution is 5.76. The van der Waals surface area contributed by atoms with Crippen LogP contribution in [0, 0.1) is 10.1 Å². The lowest BCUT2D eigenvalue weighted by molar-refractivity contribution is -0.383. The van der Waals surface area contributed by atoms with E-state index in [1.54, 1.807) is 0 Å². The van der Waals surface area contributed by atoms with Crippen molar-refractivity contribution in [1.29, 1.82) is 0 Å². The van der Waals surface area contributed by atoms with Crippen LogP contribution < -0.4 is 5.32 Å². The Morgan fingerprint density at radius 3 is 2.57 bits per heavy atom. The van der Waals surface area contributed by atoms with Gasteiger partial charge in [0, 0.05) is 12.6 Å². The molecular formula is C12H9F3N4O2. The van der Waals surface area contributed by atoms with Gasteiger partial charge in [0.15, 0.2) is 5.69 Å². The fourth-order valence-corrected chi connectivity index (χ4v) is 1.79. The Bertz CT molecular complexity index is 688. The third kappa shape index (κ3) is 2.91. The molecule has 0 unspecified atom stereocenters. The molecule has 1 aromatic carbocycles. The highest BCUT2D eigenvalue weighted by Gasteiger charge is 2.31. The molecule has 2 rings (SSSR count). The third-order valence-electron chi connectivity index (χ3n) is 2.70. The summed E-state index contributed by atoms with van der Waals surface area (Å²) < 4.78 is 38.1. The van der Waals surface area contributed by atoms with E-state index in [9.17, 15) is 23.3 Å². The summed E-state index contributed by atoms with van der Waals surface area (Å²) >= 11 is 0. The smallest absolute Gasteiger partial charge is 0.367 e. The van der Waals surface area contributed by atoms with Gasteiger partial charge in [-0.3, -0.25) is 10.1 Å². The quantitative estimate of drug-likeness (QED) is 0.695. The topological polar surface area (TPSA) is 81.0 Å². The van der Waals surface area contributed by atoms with E-state index in [1.807, 2.05) is 0 Å². The van der Waals surface area contributed by atoms with Gasteiger partial charge in [-0.05, 0) is 12.1 Å². The van der Waals surface area contributed by atoms with Crippen LogP contribution in [0.2, 0.25) is 0 Å². The number of rotatable bonds is 3. The van der Waals surface area contributed by atoms with E-state index >= 15 is 0 Å². The summed E-state index contributed by atoms with van der Waals surface area (Å²) in [5.74, 6) is -0.0672. The van der Waals surface area contributed by atoms with E-state index in [0.717, 1.165) is 18.5 Å². The molecule has 0 aliphatic rings. The SMILES string of the molecule is CNc1ncnc(-c2cccc(C(F)(F)F)c2)c1[N+](=O)[O-]. The maximum atomic E-state index is 12.7. The highest BCUT2D eigenvalue weighted by atomic mass is 19.4. The predicted octanol–water partition coefficient (Wildman–Crippen LogP) is 3.11. The van der Waals surface area contributed by atoms with E-state index < -0.39 is 22.4 Å². The first-order valence-electron chi connectivity index (χ1n) is 5.69. The van der Waals surface area contributed by atoms with Crippen molar-refractivity contribution in [3.8, 4) is 11.3 Å². The Morgan fingerprint density at radius 1 is 1.29 bits per heavy atom. The molecule has 6 nitrogen and oxygen atoms in total. The van der Waals surface area contributed by atoms with Crippen LogP contribution in [0.1, 0.15) is 5.56 Å². The van der Waals surface area contributed by atoms with Crippen LogP contribution in [0.5, 0.6) is 0 Å². The van der Waals surface area contributed by atoms with Gasteiger partial charge in [-0.15, -0.1) is 0 Å². The van der Waals surface area contributed by atoms with Crippen LogP contribution >= 0.6 is 0 Å². The molecule has 0 amide bonds. The molecule has 0 radical (unpaired) electrons. The molecular weight excluding hydrogens is 289 g/mol. The molecule has 110 valence electrons. The fourth-order valence-electron chi connectivity index (χ4n) is 1.79. The second-order valence-electron chi connectivity index (χ2n) is 4.01. The number of hydrogen-bond donors (Lipinski definition) is 1. The average Bonchev–Trinajstić information content (AvgIpc) is 2.45. The lowest BCUT2D eigenvalue weighted by Gasteiger charge is -2.09. The van der Waals surface area contributed by atoms with Crippen LogP contribution in [0.15, 0.2) is 30.6 Å². The molecule has 21 heavy (non-hydrogen) atoms. The lowest BCUT2D eigenvalue weighted by atomic mass is 10.1. The summed E-state index contributed by atoms with van der Waals surface area (Å²) in [6, 6.07) is 4.19. The third-order valence-corrected chi connectivity index (χ3v) is 2.70. The standard InChI is InChI=1S/C12H9F3N4O2/c1-16-11-10(19(20)21)9(17-6-18-11)7-3-2-4-8(5-7)12(13,14)15/h2-6H,1H3,(H,16,17,18). The van der Waals surface area contributed by atoms with E-state index in [1.165, 1.54) is 19.2 Å². The first-order chi connectivity index (χ1) is 9.84. The Balaban J connectivity index is 2.65. The van der Waals surface area contributed by atoms with Crippen molar-refractivity contribution in [2.24, 2.45) is 0 Å². The van der Waals surface area contributed by atoms with Gasteiger partial charge in [-0.2, -0.15) is 13.2 Å². The number of alkyl halides is 3. The summed E-state index contributed by atoms with van der Waals surface area (Å²) in [5.41, 5.74) is -1.56. The van der Waals surface area contributed by atoms with Gasteiger partial charge < -0.3 is 5.32 Å². The van der Waals surface area contributed by atoms with Crippen LogP contribution in [-0.4, -0.2) is 21.9 Å². The largest absolute Gasteiger partial charge is 0.416 e. The van der Waals surface area contributed by atoms with Crippen LogP contribution in [0.4, 0.5) is 24.7 Å². The highest BCUT2D eigenvalue weighted by Crippen LogP contribution is 2.36. The summed E-state index contributed by atoms with van der Waals surface area (Å²) in [6.07, 6.45) is -3.49. The summed E-state index contributed by atoms with van der Waals surface area (Å²) in [7, 11) is 1.42. The van der Waals surface area contributed by atoms with Crippen LogP contribution in [0.3, 0.4) is 0 Å². The molecule has 0 spiro atoms. The molecule has 1 heterocycles. The van der Waals surface area contributed by atoms with Crippen molar-refractivity contribution in [3.05, 3.63) is 46.3 Å². The van der Waals surface area contributed by atoms with Gasteiger partial charge >= 0.3 is 11.9 Å². The Labute approximate surface area is 116 Å². The number of nitro groups is 1. The van der Waals surface area contributed by atoms with E-state index in [-0.39, 0.29) is 17.1 Å². The van der Waals surface area contributed by atoms with Gasteiger partial charge in [-0.25, -0.2) is 9.97 Å². The monoisotopic (exact) mass is 298 g/mol. The number of nitrogens with zero attached hydrogens (tertiary/aromatic N) is 3. The molecule has 0 saturated carbocycles. The van der Waals surface area contributed by atoms with Gasteiger partial charge in [-0.1, -0.05) is 12.1 Å². The lowest BCUT2D eigenvalue weighted by Crippen LogP contribution is -2.06. The van der Waals surface area contributed by atoms with Crippen molar-refractivity contribution in [3.63, 3.8) is 0 Å². The summed E-state index contributed by atoms with van der Waals surface area (Å²) in [5, 5.41) is 13.6. The van der Waals surface area contributed by atoms with Crippen LogP contribution in [0.25, 0.3) is 11.3 Å². The van der Waals surface area contributed by atoms with Crippen molar-refractivity contribution in [2.75, 3.05) is 12.4 Å². The normalized spacial score (nSPS) is 11.2. The maximum Gasteiger partial charge on any atom is 0.416 e. The average molecular weight is 298 g/mol. The Kier molecular flexibility index (Phi) is 3.74. The first-order valence-corrected chi connectivity index (χ1v) is 5.69. The number of nitrogens with one attached hydrogen (secondary N) is 1. The number of benzene rings is 1. The Hall–Kier alpha value is -2.71. The summed E-state index contributed by atoms with van der Waals surface area (Å²) in [4.78, 5) is 17.8. The Morgan fingerprint density at radius 2 is 2.00 bits per heavy atom.